The van der Waals surface area contributed by atoms with Gasteiger partial charge in [-0.2, -0.15) is 0 Å². The molecule has 1 aromatic carbocycles. The van der Waals surface area contributed by atoms with Crippen LogP contribution in [0, 0.1) is 6.92 Å². The van der Waals surface area contributed by atoms with Gasteiger partial charge in [0, 0.05) is 16.9 Å². The van der Waals surface area contributed by atoms with Crippen LogP contribution in [0.1, 0.15) is 15.9 Å². The molecule has 0 aliphatic rings. The normalized spacial score (nSPS) is 11.2. The fourth-order valence-corrected chi connectivity index (χ4v) is 3.06. The number of rotatable bonds is 3. The zero-order valence-corrected chi connectivity index (χ0v) is 13.3. The summed E-state index contributed by atoms with van der Waals surface area (Å²) in [5.74, 6) is -0.404. The predicted molar refractivity (Wildman–Crippen MR) is 80.2 cm³/mol. The molecule has 0 aliphatic heterocycles. The van der Waals surface area contributed by atoms with Gasteiger partial charge in [0.1, 0.15) is 6.33 Å². The molecule has 1 aromatic heterocycles. The minimum Gasteiger partial charge on any atom is -0.321 e. The number of amides is 1. The van der Waals surface area contributed by atoms with E-state index in [1.807, 2.05) is 0 Å². The molecule has 7 nitrogen and oxygen atoms in total. The van der Waals surface area contributed by atoms with Gasteiger partial charge >= 0.3 is 0 Å². The molecule has 0 saturated carbocycles. The Morgan fingerprint density at radius 1 is 1.29 bits per heavy atom. The Morgan fingerprint density at radius 3 is 2.48 bits per heavy atom. The van der Waals surface area contributed by atoms with E-state index < -0.39 is 15.9 Å². The van der Waals surface area contributed by atoms with Gasteiger partial charge in [0.2, 0.25) is 10.0 Å². The number of aromatic nitrogens is 2. The third-order valence-electron chi connectivity index (χ3n) is 2.64. The maximum atomic E-state index is 12.0. The Morgan fingerprint density at radius 2 is 1.90 bits per heavy atom. The number of hydrogen-bond acceptors (Lipinski definition) is 5. The molecular weight excluding hydrogens is 360 g/mol. The lowest BCUT2D eigenvalue weighted by Gasteiger charge is -2.11. The second-order valence-corrected chi connectivity index (χ2v) is 6.61. The smallest absolute Gasteiger partial charge is 0.258 e. The van der Waals surface area contributed by atoms with Gasteiger partial charge in [-0.15, -0.1) is 0 Å². The van der Waals surface area contributed by atoms with Gasteiger partial charge in [-0.1, -0.05) is 0 Å². The van der Waals surface area contributed by atoms with Gasteiger partial charge < -0.3 is 5.32 Å². The molecule has 0 atom stereocenters. The van der Waals surface area contributed by atoms with Crippen molar-refractivity contribution in [1.29, 1.82) is 0 Å². The Labute approximate surface area is 129 Å². The van der Waals surface area contributed by atoms with Crippen molar-refractivity contribution < 1.29 is 13.2 Å². The molecule has 0 spiro atoms. The molecule has 110 valence electrons. The first-order valence-corrected chi connectivity index (χ1v) is 8.02. The van der Waals surface area contributed by atoms with Crippen molar-refractivity contribution in [2.75, 3.05) is 5.32 Å². The van der Waals surface area contributed by atoms with Crippen molar-refractivity contribution in [3.63, 3.8) is 0 Å². The van der Waals surface area contributed by atoms with Crippen molar-refractivity contribution in [2.24, 2.45) is 5.14 Å². The fraction of sp³-hybridized carbons (Fsp3) is 0.0833. The lowest BCUT2D eigenvalue weighted by molar-refractivity contribution is 0.102. The largest absolute Gasteiger partial charge is 0.321 e. The summed E-state index contributed by atoms with van der Waals surface area (Å²) in [5, 5.41) is 7.76. The number of halogens is 1. The number of hydrogen-bond donors (Lipinski definition) is 2. The molecular formula is C12H11BrN4O3S. The van der Waals surface area contributed by atoms with Gasteiger partial charge in [-0.25, -0.2) is 23.5 Å². The first-order valence-electron chi connectivity index (χ1n) is 5.68. The van der Waals surface area contributed by atoms with Crippen LogP contribution < -0.4 is 10.5 Å². The summed E-state index contributed by atoms with van der Waals surface area (Å²) in [6.45, 7) is 1.59. The summed E-state index contributed by atoms with van der Waals surface area (Å²) in [4.78, 5) is 19.5. The number of aryl methyl sites for hydroxylation is 1. The van der Waals surface area contributed by atoms with Gasteiger partial charge in [0.05, 0.1) is 16.1 Å². The monoisotopic (exact) mass is 370 g/mol. The Hall–Kier alpha value is -1.84. The topological polar surface area (TPSA) is 115 Å². The quantitative estimate of drug-likeness (QED) is 0.847. The second kappa shape index (κ2) is 5.88. The molecule has 2 aromatic rings. The Kier molecular flexibility index (Phi) is 4.35. The maximum absolute atomic E-state index is 12.0. The van der Waals surface area contributed by atoms with Crippen molar-refractivity contribution in [3.05, 3.63) is 46.5 Å². The standard InChI is InChI=1S/C12H11BrN4O3S/c1-7-2-10(9(13)3-11(7)21(14,19)20)17-12(18)8-4-15-6-16-5-8/h2-6H,1H3,(H,17,18)(H2,14,19,20). The molecule has 0 saturated heterocycles. The number of carbonyl (C=O) groups excluding carboxylic acids is 1. The third-order valence-corrected chi connectivity index (χ3v) is 4.35. The Bertz CT molecular complexity index is 794. The summed E-state index contributed by atoms with van der Waals surface area (Å²) in [5.41, 5.74) is 1.15. The number of primary sulfonamides is 1. The van der Waals surface area contributed by atoms with E-state index in [9.17, 15) is 13.2 Å². The van der Waals surface area contributed by atoms with Gasteiger partial charge in [-0.3, -0.25) is 4.79 Å². The average Bonchev–Trinajstić information content (AvgIpc) is 2.42. The van der Waals surface area contributed by atoms with Crippen molar-refractivity contribution >= 4 is 37.5 Å². The van der Waals surface area contributed by atoms with E-state index in [0.717, 1.165) is 0 Å². The maximum Gasteiger partial charge on any atom is 0.258 e. The van der Waals surface area contributed by atoms with Gasteiger partial charge in [0.25, 0.3) is 5.91 Å². The predicted octanol–water partition coefficient (Wildman–Crippen LogP) is 1.45. The number of sulfonamides is 1. The lowest BCUT2D eigenvalue weighted by Crippen LogP contribution is -2.16. The van der Waals surface area contributed by atoms with E-state index in [-0.39, 0.29) is 10.5 Å². The molecule has 0 unspecified atom stereocenters. The van der Waals surface area contributed by atoms with Crippen molar-refractivity contribution in [3.8, 4) is 0 Å². The molecule has 9 heteroatoms. The summed E-state index contributed by atoms with van der Waals surface area (Å²) in [6, 6.07) is 2.87. The van der Waals surface area contributed by atoms with Crippen LogP contribution in [0.4, 0.5) is 5.69 Å². The van der Waals surface area contributed by atoms with Crippen molar-refractivity contribution in [1.82, 2.24) is 9.97 Å². The molecule has 1 heterocycles. The van der Waals surface area contributed by atoms with E-state index in [1.165, 1.54) is 30.9 Å². The molecule has 0 bridgehead atoms. The molecule has 0 fully saturated rings. The highest BCUT2D eigenvalue weighted by atomic mass is 79.9. The van der Waals surface area contributed by atoms with Crippen LogP contribution in [0.15, 0.2) is 40.2 Å². The zero-order valence-electron chi connectivity index (χ0n) is 10.9. The van der Waals surface area contributed by atoms with Crippen LogP contribution in [0.2, 0.25) is 0 Å². The van der Waals surface area contributed by atoms with E-state index in [4.69, 9.17) is 5.14 Å². The molecule has 0 radical (unpaired) electrons. The number of benzene rings is 1. The fourth-order valence-electron chi connectivity index (χ4n) is 1.68. The van der Waals surface area contributed by atoms with E-state index in [1.54, 1.807) is 6.92 Å². The molecule has 3 N–H and O–H groups in total. The summed E-state index contributed by atoms with van der Waals surface area (Å²) in [6.07, 6.45) is 4.07. The zero-order chi connectivity index (χ0) is 15.6. The average molecular weight is 371 g/mol. The lowest BCUT2D eigenvalue weighted by atomic mass is 10.2. The van der Waals surface area contributed by atoms with Gasteiger partial charge in [0.15, 0.2) is 0 Å². The molecule has 1 amide bonds. The second-order valence-electron chi connectivity index (χ2n) is 4.22. The van der Waals surface area contributed by atoms with Crippen LogP contribution in [-0.4, -0.2) is 24.3 Å². The third kappa shape index (κ3) is 3.63. The number of anilines is 1. The molecule has 0 aliphatic carbocycles. The summed E-state index contributed by atoms with van der Waals surface area (Å²) in [7, 11) is -3.82. The van der Waals surface area contributed by atoms with Crippen molar-refractivity contribution in [2.45, 2.75) is 11.8 Å². The number of nitrogens with one attached hydrogen (secondary N) is 1. The van der Waals surface area contributed by atoms with Crippen LogP contribution in [0.5, 0.6) is 0 Å². The summed E-state index contributed by atoms with van der Waals surface area (Å²) >= 11 is 3.21. The van der Waals surface area contributed by atoms with E-state index in [2.05, 4.69) is 31.2 Å². The SMILES string of the molecule is Cc1cc(NC(=O)c2cncnc2)c(Br)cc1S(N)(=O)=O. The van der Waals surface area contributed by atoms with E-state index >= 15 is 0 Å². The molecule has 2 rings (SSSR count). The van der Waals surface area contributed by atoms with Crippen LogP contribution >= 0.6 is 15.9 Å². The van der Waals surface area contributed by atoms with Gasteiger partial charge in [-0.05, 0) is 40.5 Å². The first-order chi connectivity index (χ1) is 9.79. The van der Waals surface area contributed by atoms with Crippen LogP contribution in [0.25, 0.3) is 0 Å². The number of nitrogens with zero attached hydrogens (tertiary/aromatic N) is 2. The number of carbonyl (C=O) groups is 1. The van der Waals surface area contributed by atoms with E-state index in [0.29, 0.717) is 15.7 Å². The Balaban J connectivity index is 2.34. The minimum atomic E-state index is -3.82. The highest BCUT2D eigenvalue weighted by Gasteiger charge is 2.16. The van der Waals surface area contributed by atoms with Crippen LogP contribution in [0.3, 0.4) is 0 Å². The molecule has 21 heavy (non-hydrogen) atoms. The minimum absolute atomic E-state index is 0.00424. The summed E-state index contributed by atoms with van der Waals surface area (Å²) < 4.78 is 23.2. The highest BCUT2D eigenvalue weighted by Crippen LogP contribution is 2.28. The number of nitrogens with two attached hydrogens (primary N) is 1. The first kappa shape index (κ1) is 15.5. The van der Waals surface area contributed by atoms with Crippen LogP contribution in [-0.2, 0) is 10.0 Å². The highest BCUT2D eigenvalue weighted by molar-refractivity contribution is 9.10.